The highest BCUT2D eigenvalue weighted by Gasteiger charge is 2.15. The molecule has 29 heavy (non-hydrogen) atoms. The summed E-state index contributed by atoms with van der Waals surface area (Å²) in [5.74, 6) is 1.43. The molecule has 0 atom stereocenters. The van der Waals surface area contributed by atoms with Gasteiger partial charge in [0.1, 0.15) is 5.75 Å². The SMILES string of the molecule is COc1ccccc1Cn1c(SCc2ccc(C)cc2)nc2nccnc2c1=O. The summed E-state index contributed by atoms with van der Waals surface area (Å²) in [7, 11) is 1.62. The number of aryl methyl sites for hydroxylation is 1. The summed E-state index contributed by atoms with van der Waals surface area (Å²) in [6, 6.07) is 16.0. The zero-order valence-electron chi connectivity index (χ0n) is 16.2. The average Bonchev–Trinajstić information content (AvgIpc) is 2.76. The highest BCUT2D eigenvalue weighted by Crippen LogP contribution is 2.24. The van der Waals surface area contributed by atoms with Crippen molar-refractivity contribution in [2.75, 3.05) is 7.11 Å². The Morgan fingerprint density at radius 3 is 2.59 bits per heavy atom. The zero-order chi connectivity index (χ0) is 20.2. The van der Waals surface area contributed by atoms with Crippen LogP contribution < -0.4 is 10.3 Å². The van der Waals surface area contributed by atoms with Crippen LogP contribution in [-0.2, 0) is 12.3 Å². The molecule has 0 saturated carbocycles. The molecule has 2 heterocycles. The van der Waals surface area contributed by atoms with E-state index in [0.29, 0.717) is 23.1 Å². The van der Waals surface area contributed by atoms with Crippen LogP contribution in [0.1, 0.15) is 16.7 Å². The van der Waals surface area contributed by atoms with E-state index < -0.39 is 0 Å². The fourth-order valence-electron chi connectivity index (χ4n) is 3.01. The predicted octanol–water partition coefficient (Wildman–Crippen LogP) is 3.84. The second-order valence-electron chi connectivity index (χ2n) is 6.60. The first-order chi connectivity index (χ1) is 14.2. The van der Waals surface area contributed by atoms with Crippen molar-refractivity contribution in [2.24, 2.45) is 0 Å². The third kappa shape index (κ3) is 4.14. The number of rotatable bonds is 6. The average molecular weight is 404 g/mol. The number of thioether (sulfide) groups is 1. The Hall–Kier alpha value is -3.19. The molecule has 0 bridgehead atoms. The number of fused-ring (bicyclic) bond motifs is 1. The molecule has 0 aliphatic heterocycles. The van der Waals surface area contributed by atoms with E-state index in [1.54, 1.807) is 17.9 Å². The van der Waals surface area contributed by atoms with E-state index in [4.69, 9.17) is 4.74 Å². The lowest BCUT2D eigenvalue weighted by atomic mass is 10.2. The van der Waals surface area contributed by atoms with E-state index in [-0.39, 0.29) is 11.1 Å². The van der Waals surface area contributed by atoms with Gasteiger partial charge in [0.25, 0.3) is 5.56 Å². The number of hydrogen-bond acceptors (Lipinski definition) is 6. The van der Waals surface area contributed by atoms with Gasteiger partial charge in [-0.2, -0.15) is 0 Å². The van der Waals surface area contributed by atoms with Crippen molar-refractivity contribution in [2.45, 2.75) is 24.4 Å². The van der Waals surface area contributed by atoms with Gasteiger partial charge in [0.15, 0.2) is 16.3 Å². The number of hydrogen-bond donors (Lipinski definition) is 0. The van der Waals surface area contributed by atoms with E-state index in [2.05, 4.69) is 46.1 Å². The van der Waals surface area contributed by atoms with Gasteiger partial charge in [0, 0.05) is 23.7 Å². The first-order valence-corrected chi connectivity index (χ1v) is 10.2. The Kier molecular flexibility index (Phi) is 5.57. The second kappa shape index (κ2) is 8.45. The van der Waals surface area contributed by atoms with Crippen molar-refractivity contribution in [3.8, 4) is 5.75 Å². The maximum Gasteiger partial charge on any atom is 0.282 e. The third-order valence-electron chi connectivity index (χ3n) is 4.57. The molecule has 0 saturated heterocycles. The van der Waals surface area contributed by atoms with Crippen LogP contribution in [-0.4, -0.2) is 26.6 Å². The molecule has 0 aliphatic carbocycles. The molecule has 0 unspecified atom stereocenters. The molecular weight excluding hydrogens is 384 g/mol. The van der Waals surface area contributed by atoms with Gasteiger partial charge in [-0.05, 0) is 18.6 Å². The van der Waals surface area contributed by atoms with Gasteiger partial charge in [-0.15, -0.1) is 0 Å². The summed E-state index contributed by atoms with van der Waals surface area (Å²) in [4.78, 5) is 26.2. The first kappa shape index (κ1) is 19.1. The molecule has 0 amide bonds. The molecule has 6 nitrogen and oxygen atoms in total. The minimum absolute atomic E-state index is 0.208. The monoisotopic (exact) mass is 404 g/mol. The molecule has 4 aromatic rings. The number of methoxy groups -OCH3 is 1. The Morgan fingerprint density at radius 1 is 1.03 bits per heavy atom. The van der Waals surface area contributed by atoms with Gasteiger partial charge in [0.05, 0.1) is 13.7 Å². The number of aromatic nitrogens is 4. The van der Waals surface area contributed by atoms with Gasteiger partial charge < -0.3 is 4.74 Å². The molecule has 2 aromatic heterocycles. The Labute approximate surface area is 172 Å². The molecule has 146 valence electrons. The van der Waals surface area contributed by atoms with Crippen LogP contribution in [0, 0.1) is 6.92 Å². The predicted molar refractivity (Wildman–Crippen MR) is 114 cm³/mol. The van der Waals surface area contributed by atoms with Crippen LogP contribution in [0.15, 0.2) is 70.9 Å². The minimum atomic E-state index is -0.208. The Bertz CT molecular complexity index is 1210. The lowest BCUT2D eigenvalue weighted by Gasteiger charge is -2.14. The van der Waals surface area contributed by atoms with Gasteiger partial charge in [-0.25, -0.2) is 15.0 Å². The molecule has 0 radical (unpaired) electrons. The molecule has 0 fully saturated rings. The highest BCUT2D eigenvalue weighted by molar-refractivity contribution is 7.98. The number of ether oxygens (including phenoxy) is 1. The van der Waals surface area contributed by atoms with Crippen LogP contribution >= 0.6 is 11.8 Å². The number of benzene rings is 2. The summed E-state index contributed by atoms with van der Waals surface area (Å²) < 4.78 is 7.10. The van der Waals surface area contributed by atoms with E-state index in [1.807, 2.05) is 24.3 Å². The normalized spacial score (nSPS) is 11.0. The standard InChI is InChI=1S/C22H20N4O2S/c1-15-7-9-16(10-8-15)14-29-22-25-20-19(23-11-12-24-20)21(27)26(22)13-17-5-3-4-6-18(17)28-2/h3-12H,13-14H2,1-2H3. The van der Waals surface area contributed by atoms with Gasteiger partial charge >= 0.3 is 0 Å². The van der Waals surface area contributed by atoms with Crippen molar-refractivity contribution < 1.29 is 4.74 Å². The van der Waals surface area contributed by atoms with E-state index >= 15 is 0 Å². The van der Waals surface area contributed by atoms with Crippen LogP contribution in [0.3, 0.4) is 0 Å². The Balaban J connectivity index is 1.75. The fourth-order valence-corrected chi connectivity index (χ4v) is 3.96. The molecule has 7 heteroatoms. The summed E-state index contributed by atoms with van der Waals surface area (Å²) >= 11 is 1.51. The molecule has 0 aliphatic rings. The van der Waals surface area contributed by atoms with E-state index in [1.165, 1.54) is 23.5 Å². The van der Waals surface area contributed by atoms with Crippen molar-refractivity contribution in [1.29, 1.82) is 0 Å². The van der Waals surface area contributed by atoms with E-state index in [0.717, 1.165) is 16.9 Å². The zero-order valence-corrected chi connectivity index (χ0v) is 17.0. The summed E-state index contributed by atoms with van der Waals surface area (Å²) in [6.45, 7) is 2.41. The smallest absolute Gasteiger partial charge is 0.282 e. The largest absolute Gasteiger partial charge is 0.496 e. The third-order valence-corrected chi connectivity index (χ3v) is 5.62. The number of para-hydroxylation sites is 1. The van der Waals surface area contributed by atoms with Gasteiger partial charge in [-0.3, -0.25) is 9.36 Å². The maximum atomic E-state index is 13.2. The van der Waals surface area contributed by atoms with Crippen LogP contribution in [0.25, 0.3) is 11.2 Å². The molecule has 4 rings (SSSR count). The lowest BCUT2D eigenvalue weighted by Crippen LogP contribution is -2.25. The topological polar surface area (TPSA) is 69.9 Å². The van der Waals surface area contributed by atoms with Crippen molar-refractivity contribution in [1.82, 2.24) is 19.5 Å². The molecule has 0 spiro atoms. The van der Waals surface area contributed by atoms with Crippen LogP contribution in [0.4, 0.5) is 0 Å². The van der Waals surface area contributed by atoms with Crippen molar-refractivity contribution >= 4 is 22.9 Å². The quantitative estimate of drug-likeness (QED) is 0.359. The van der Waals surface area contributed by atoms with Gasteiger partial charge in [0.2, 0.25) is 0 Å². The number of nitrogens with zero attached hydrogens (tertiary/aromatic N) is 4. The van der Waals surface area contributed by atoms with Crippen molar-refractivity contribution in [3.63, 3.8) is 0 Å². The van der Waals surface area contributed by atoms with Gasteiger partial charge in [-0.1, -0.05) is 59.8 Å². The Morgan fingerprint density at radius 2 is 1.79 bits per heavy atom. The molecule has 0 N–H and O–H groups in total. The minimum Gasteiger partial charge on any atom is -0.496 e. The molecule has 2 aromatic carbocycles. The highest BCUT2D eigenvalue weighted by atomic mass is 32.2. The summed E-state index contributed by atoms with van der Waals surface area (Å²) in [6.07, 6.45) is 3.06. The van der Waals surface area contributed by atoms with Crippen molar-refractivity contribution in [3.05, 3.63) is 88.0 Å². The summed E-state index contributed by atoms with van der Waals surface area (Å²) in [5, 5.41) is 0.606. The second-order valence-corrected chi connectivity index (χ2v) is 7.54. The summed E-state index contributed by atoms with van der Waals surface area (Å²) in [5.41, 5.74) is 3.70. The van der Waals surface area contributed by atoms with E-state index in [9.17, 15) is 4.79 Å². The van der Waals surface area contributed by atoms with Crippen LogP contribution in [0.5, 0.6) is 5.75 Å². The van der Waals surface area contributed by atoms with Crippen LogP contribution in [0.2, 0.25) is 0 Å². The maximum absolute atomic E-state index is 13.2. The molecular formula is C22H20N4O2S. The first-order valence-electron chi connectivity index (χ1n) is 9.17. The lowest BCUT2D eigenvalue weighted by molar-refractivity contribution is 0.407. The fraction of sp³-hybridized carbons (Fsp3) is 0.182.